The van der Waals surface area contributed by atoms with Crippen molar-refractivity contribution in [3.8, 4) is 0 Å². The molecule has 0 amide bonds. The van der Waals surface area contributed by atoms with E-state index in [-0.39, 0.29) is 6.04 Å². The molecule has 1 aliphatic heterocycles. The van der Waals surface area contributed by atoms with E-state index < -0.39 is 0 Å². The predicted octanol–water partition coefficient (Wildman–Crippen LogP) is 2.82. The van der Waals surface area contributed by atoms with Crippen LogP contribution >= 0.6 is 0 Å². The highest BCUT2D eigenvalue weighted by Crippen LogP contribution is 2.32. The van der Waals surface area contributed by atoms with Crippen molar-refractivity contribution in [3.05, 3.63) is 35.7 Å². The lowest BCUT2D eigenvalue weighted by atomic mass is 10.1. The van der Waals surface area contributed by atoms with E-state index in [4.69, 9.17) is 4.42 Å². The number of anilines is 2. The highest BCUT2D eigenvalue weighted by molar-refractivity contribution is 5.61. The van der Waals surface area contributed by atoms with E-state index in [1.165, 1.54) is 17.7 Å². The van der Waals surface area contributed by atoms with Crippen LogP contribution in [0.5, 0.6) is 0 Å². The maximum absolute atomic E-state index is 5.83. The van der Waals surface area contributed by atoms with Crippen molar-refractivity contribution in [2.75, 3.05) is 18.5 Å². The molecule has 1 atom stereocenters. The molecule has 1 unspecified atom stereocenters. The van der Waals surface area contributed by atoms with E-state index in [9.17, 15) is 0 Å². The SMILES string of the molecule is CNC(C)c1nnc(N2CCCCc3ccccc32)o1. The van der Waals surface area contributed by atoms with Crippen molar-refractivity contribution >= 4 is 11.7 Å². The maximum atomic E-state index is 5.83. The van der Waals surface area contributed by atoms with Gasteiger partial charge in [0.05, 0.1) is 6.04 Å². The van der Waals surface area contributed by atoms with Crippen LogP contribution in [0.2, 0.25) is 0 Å². The Hall–Kier alpha value is -1.88. The van der Waals surface area contributed by atoms with Crippen molar-refractivity contribution < 1.29 is 4.42 Å². The monoisotopic (exact) mass is 272 g/mol. The van der Waals surface area contributed by atoms with Gasteiger partial charge in [-0.3, -0.25) is 4.90 Å². The smallest absolute Gasteiger partial charge is 0.322 e. The Labute approximate surface area is 119 Å². The lowest BCUT2D eigenvalue weighted by Gasteiger charge is -2.20. The van der Waals surface area contributed by atoms with Crippen molar-refractivity contribution in [1.82, 2.24) is 15.5 Å². The fourth-order valence-corrected chi connectivity index (χ4v) is 2.52. The van der Waals surface area contributed by atoms with Crippen LogP contribution in [0.1, 0.15) is 37.3 Å². The third kappa shape index (κ3) is 2.41. The zero-order valence-corrected chi connectivity index (χ0v) is 12.0. The van der Waals surface area contributed by atoms with Crippen molar-refractivity contribution in [2.24, 2.45) is 0 Å². The second kappa shape index (κ2) is 5.63. The van der Waals surface area contributed by atoms with Crippen molar-refractivity contribution in [1.29, 1.82) is 0 Å². The van der Waals surface area contributed by atoms with E-state index >= 15 is 0 Å². The van der Waals surface area contributed by atoms with Gasteiger partial charge in [-0.1, -0.05) is 23.3 Å². The molecular formula is C15H20N4O. The van der Waals surface area contributed by atoms with Crippen LogP contribution < -0.4 is 10.2 Å². The Morgan fingerprint density at radius 3 is 2.95 bits per heavy atom. The Bertz CT molecular complexity index is 581. The maximum Gasteiger partial charge on any atom is 0.322 e. The molecule has 0 fully saturated rings. The lowest BCUT2D eigenvalue weighted by Crippen LogP contribution is -2.18. The third-order valence-electron chi connectivity index (χ3n) is 3.82. The van der Waals surface area contributed by atoms with E-state index in [0.717, 1.165) is 19.4 Å². The predicted molar refractivity (Wildman–Crippen MR) is 78.2 cm³/mol. The molecule has 1 aromatic heterocycles. The molecule has 0 radical (unpaired) electrons. The first-order valence-corrected chi connectivity index (χ1v) is 7.15. The first-order valence-electron chi connectivity index (χ1n) is 7.15. The van der Waals surface area contributed by atoms with Gasteiger partial charge in [-0.2, -0.15) is 0 Å². The van der Waals surface area contributed by atoms with Crippen molar-refractivity contribution in [2.45, 2.75) is 32.2 Å². The topological polar surface area (TPSA) is 54.2 Å². The standard InChI is InChI=1S/C15H20N4O/c1-11(16-2)14-17-18-15(20-14)19-10-6-5-8-12-7-3-4-9-13(12)19/h3-4,7,9,11,16H,5-6,8,10H2,1-2H3. The van der Waals surface area contributed by atoms with E-state index in [1.807, 2.05) is 14.0 Å². The highest BCUT2D eigenvalue weighted by Gasteiger charge is 2.22. The Kier molecular flexibility index (Phi) is 3.69. The molecule has 1 N–H and O–H groups in total. The summed E-state index contributed by atoms with van der Waals surface area (Å²) in [7, 11) is 1.88. The first-order chi connectivity index (χ1) is 9.79. The molecule has 0 spiro atoms. The van der Waals surface area contributed by atoms with Gasteiger partial charge in [-0.15, -0.1) is 5.10 Å². The summed E-state index contributed by atoms with van der Waals surface area (Å²) in [4.78, 5) is 2.14. The summed E-state index contributed by atoms with van der Waals surface area (Å²) >= 11 is 0. The highest BCUT2D eigenvalue weighted by atomic mass is 16.4. The number of hydrogen-bond donors (Lipinski definition) is 1. The van der Waals surface area contributed by atoms with Gasteiger partial charge in [0.2, 0.25) is 5.89 Å². The Morgan fingerprint density at radius 2 is 2.10 bits per heavy atom. The van der Waals surface area contributed by atoms with Gasteiger partial charge in [0.1, 0.15) is 0 Å². The van der Waals surface area contributed by atoms with Gasteiger partial charge in [-0.25, -0.2) is 0 Å². The number of fused-ring (bicyclic) bond motifs is 1. The largest absolute Gasteiger partial charge is 0.406 e. The van der Waals surface area contributed by atoms with Crippen LogP contribution in [0, 0.1) is 0 Å². The van der Waals surface area contributed by atoms with E-state index in [2.05, 4.69) is 44.7 Å². The van der Waals surface area contributed by atoms with Gasteiger partial charge in [0, 0.05) is 12.2 Å². The van der Waals surface area contributed by atoms with E-state index in [0.29, 0.717) is 11.9 Å². The van der Waals surface area contributed by atoms with Crippen LogP contribution in [0.4, 0.5) is 11.7 Å². The average Bonchev–Trinajstić information content (AvgIpc) is 2.87. The van der Waals surface area contributed by atoms with Gasteiger partial charge < -0.3 is 9.73 Å². The molecule has 0 aliphatic carbocycles. The molecule has 1 aromatic carbocycles. The number of hydrogen-bond acceptors (Lipinski definition) is 5. The van der Waals surface area contributed by atoms with Gasteiger partial charge in [-0.05, 0) is 44.9 Å². The van der Waals surface area contributed by atoms with Crippen LogP contribution in [0.3, 0.4) is 0 Å². The molecule has 0 bridgehead atoms. The minimum atomic E-state index is 0.0680. The van der Waals surface area contributed by atoms with Gasteiger partial charge in [0.25, 0.3) is 0 Å². The molecule has 20 heavy (non-hydrogen) atoms. The number of rotatable bonds is 3. The Morgan fingerprint density at radius 1 is 1.25 bits per heavy atom. The summed E-state index contributed by atoms with van der Waals surface area (Å²) in [5.74, 6) is 0.629. The molecule has 5 heteroatoms. The number of aryl methyl sites for hydroxylation is 1. The van der Waals surface area contributed by atoms with Crippen molar-refractivity contribution in [3.63, 3.8) is 0 Å². The number of nitrogens with one attached hydrogen (secondary N) is 1. The first kappa shape index (κ1) is 13.1. The number of nitrogens with zero attached hydrogens (tertiary/aromatic N) is 3. The second-order valence-electron chi connectivity index (χ2n) is 5.17. The third-order valence-corrected chi connectivity index (χ3v) is 3.82. The summed E-state index contributed by atoms with van der Waals surface area (Å²) in [6.45, 7) is 2.93. The van der Waals surface area contributed by atoms with E-state index in [1.54, 1.807) is 0 Å². The second-order valence-corrected chi connectivity index (χ2v) is 5.17. The summed E-state index contributed by atoms with van der Waals surface area (Å²) in [5, 5.41) is 11.5. The number of para-hydroxylation sites is 1. The van der Waals surface area contributed by atoms with Crippen LogP contribution in [-0.2, 0) is 6.42 Å². The van der Waals surface area contributed by atoms with Gasteiger partial charge in [0.15, 0.2) is 0 Å². The molecule has 3 rings (SSSR count). The van der Waals surface area contributed by atoms with Crippen LogP contribution in [-0.4, -0.2) is 23.8 Å². The van der Waals surface area contributed by atoms with Crippen LogP contribution in [0.15, 0.2) is 28.7 Å². The summed E-state index contributed by atoms with van der Waals surface area (Å²) < 4.78 is 5.83. The molecule has 106 valence electrons. The normalized spacial score (nSPS) is 16.6. The Balaban J connectivity index is 1.95. The molecule has 1 aliphatic rings. The summed E-state index contributed by atoms with van der Waals surface area (Å²) in [6, 6.07) is 9.12. The molecular weight excluding hydrogens is 252 g/mol. The number of benzene rings is 1. The molecule has 0 saturated heterocycles. The summed E-state index contributed by atoms with van der Waals surface area (Å²) in [5.41, 5.74) is 2.55. The quantitative estimate of drug-likeness (QED) is 0.931. The minimum Gasteiger partial charge on any atom is -0.406 e. The van der Waals surface area contributed by atoms with Gasteiger partial charge >= 0.3 is 6.01 Å². The minimum absolute atomic E-state index is 0.0680. The molecule has 5 nitrogen and oxygen atoms in total. The van der Waals surface area contributed by atoms with Crippen LogP contribution in [0.25, 0.3) is 0 Å². The fraction of sp³-hybridized carbons (Fsp3) is 0.467. The summed E-state index contributed by atoms with van der Waals surface area (Å²) in [6.07, 6.45) is 3.44. The number of aromatic nitrogens is 2. The zero-order valence-electron chi connectivity index (χ0n) is 12.0. The molecule has 2 aromatic rings. The molecule has 0 saturated carbocycles. The fourth-order valence-electron chi connectivity index (χ4n) is 2.52. The molecule has 2 heterocycles. The lowest BCUT2D eigenvalue weighted by molar-refractivity contribution is 0.434. The zero-order chi connectivity index (χ0) is 13.9. The average molecular weight is 272 g/mol.